The van der Waals surface area contributed by atoms with E-state index < -0.39 is 0 Å². The molecule has 3 heteroatoms. The van der Waals surface area contributed by atoms with Crippen molar-refractivity contribution >= 4 is 37.7 Å². The minimum atomic E-state index is 1.12. The van der Waals surface area contributed by atoms with E-state index in [1.807, 2.05) is 0 Å². The van der Waals surface area contributed by atoms with Crippen molar-refractivity contribution in [1.29, 1.82) is 0 Å². The smallest absolute Gasteiger partial charge is 0.0477 e. The Hall–Kier alpha value is -2.78. The summed E-state index contributed by atoms with van der Waals surface area (Å²) in [5, 5.41) is 2.62. The molecule has 0 saturated carbocycles. The van der Waals surface area contributed by atoms with Gasteiger partial charge in [-0.2, -0.15) is 0 Å². The van der Waals surface area contributed by atoms with Gasteiger partial charge in [-0.1, -0.05) is 71.4 Å². The molecule has 5 aromatic rings. The molecule has 29 heavy (non-hydrogen) atoms. The van der Waals surface area contributed by atoms with Gasteiger partial charge in [-0.3, -0.25) is 0 Å². The van der Waals surface area contributed by atoms with Gasteiger partial charge in [-0.25, -0.2) is 0 Å². The first-order chi connectivity index (χ1) is 14.1. The molecule has 148 valence electrons. The number of halogens is 1. The Bertz CT molecular complexity index is 1090. The number of para-hydroxylation sites is 2. The summed E-state index contributed by atoms with van der Waals surface area (Å²) in [5.41, 5.74) is 3.98. The van der Waals surface area contributed by atoms with Crippen LogP contribution in [-0.2, 0) is 20.5 Å². The van der Waals surface area contributed by atoms with Gasteiger partial charge in [0.25, 0.3) is 0 Å². The van der Waals surface area contributed by atoms with Crippen molar-refractivity contribution in [1.82, 2.24) is 9.13 Å². The van der Waals surface area contributed by atoms with Crippen LogP contribution in [0.2, 0.25) is 0 Å². The number of nitrogens with zero attached hydrogens (tertiary/aromatic N) is 2. The number of aryl methyl sites for hydroxylation is 3. The average molecular weight is 447 g/mol. The predicted molar refractivity (Wildman–Crippen MR) is 129 cm³/mol. The van der Waals surface area contributed by atoms with E-state index in [4.69, 9.17) is 0 Å². The third kappa shape index (κ3) is 5.61. The van der Waals surface area contributed by atoms with Crippen molar-refractivity contribution in [3.8, 4) is 0 Å². The van der Waals surface area contributed by atoms with Gasteiger partial charge in [0.2, 0.25) is 0 Å². The lowest BCUT2D eigenvalue weighted by atomic mass is 10.2. The molecule has 5 rings (SSSR count). The standard InChI is InChI=1S/2C9H9N.C8H9Br/c2*1-10-7-6-8-4-2-3-5-9(8)10;1-2-7-3-5-8(9)6-4-7/h2*2-7H,1H3;3-6H,2H2,1H3. The Morgan fingerprint density at radius 2 is 1.07 bits per heavy atom. The molecule has 0 bridgehead atoms. The fraction of sp³-hybridized carbons (Fsp3) is 0.154. The molecular formula is C26H27BrN2. The minimum absolute atomic E-state index is 1.12. The zero-order valence-electron chi connectivity index (χ0n) is 17.2. The molecule has 0 unspecified atom stereocenters. The second kappa shape index (κ2) is 10.1. The molecule has 0 aliphatic carbocycles. The van der Waals surface area contributed by atoms with Crippen LogP contribution in [0.1, 0.15) is 12.5 Å². The SMILES string of the molecule is CCc1ccc(Br)cc1.Cn1ccc2ccccc21.Cn1ccc2ccccc21. The lowest BCUT2D eigenvalue weighted by Crippen LogP contribution is -1.81. The summed E-state index contributed by atoms with van der Waals surface area (Å²) in [4.78, 5) is 0. The maximum atomic E-state index is 3.37. The Balaban J connectivity index is 0.000000125. The predicted octanol–water partition coefficient (Wildman–Crippen LogP) is 7.37. The molecular weight excluding hydrogens is 420 g/mol. The zero-order valence-corrected chi connectivity index (χ0v) is 18.8. The molecule has 0 aliphatic rings. The highest BCUT2D eigenvalue weighted by Crippen LogP contribution is 2.13. The van der Waals surface area contributed by atoms with Crippen LogP contribution in [-0.4, -0.2) is 9.13 Å². The quantitative estimate of drug-likeness (QED) is 0.254. The lowest BCUT2D eigenvalue weighted by molar-refractivity contribution is 0.969. The third-order valence-electron chi connectivity index (χ3n) is 4.91. The molecule has 0 saturated heterocycles. The number of hydrogen-bond acceptors (Lipinski definition) is 0. The molecule has 0 N–H and O–H groups in total. The first-order valence-corrected chi connectivity index (χ1v) is 10.6. The van der Waals surface area contributed by atoms with Crippen molar-refractivity contribution < 1.29 is 0 Å². The van der Waals surface area contributed by atoms with Gasteiger partial charge in [0, 0.05) is 42.0 Å². The topological polar surface area (TPSA) is 9.86 Å². The van der Waals surface area contributed by atoms with Gasteiger partial charge in [-0.15, -0.1) is 0 Å². The Morgan fingerprint density at radius 3 is 1.48 bits per heavy atom. The summed E-state index contributed by atoms with van der Waals surface area (Å²) in [7, 11) is 4.12. The summed E-state index contributed by atoms with van der Waals surface area (Å²) in [6, 6.07) is 29.3. The normalized spacial score (nSPS) is 10.2. The molecule has 0 atom stereocenters. The lowest BCUT2D eigenvalue weighted by Gasteiger charge is -1.93. The second-order valence-electron chi connectivity index (χ2n) is 6.95. The molecule has 0 spiro atoms. The number of fused-ring (bicyclic) bond motifs is 2. The molecule has 2 aromatic heterocycles. The van der Waals surface area contributed by atoms with Crippen molar-refractivity contribution in [3.63, 3.8) is 0 Å². The Labute approximate surface area is 181 Å². The molecule has 2 nitrogen and oxygen atoms in total. The maximum absolute atomic E-state index is 3.37. The van der Waals surface area contributed by atoms with Crippen LogP contribution >= 0.6 is 15.9 Å². The molecule has 3 aromatic carbocycles. The van der Waals surface area contributed by atoms with Crippen LogP contribution in [0.25, 0.3) is 21.8 Å². The van der Waals surface area contributed by atoms with Gasteiger partial charge in [0.1, 0.15) is 0 Å². The van der Waals surface area contributed by atoms with Gasteiger partial charge >= 0.3 is 0 Å². The van der Waals surface area contributed by atoms with E-state index in [0.29, 0.717) is 0 Å². The summed E-state index contributed by atoms with van der Waals surface area (Å²) < 4.78 is 5.39. The van der Waals surface area contributed by atoms with E-state index >= 15 is 0 Å². The zero-order chi connectivity index (χ0) is 20.6. The van der Waals surface area contributed by atoms with Crippen molar-refractivity contribution in [2.45, 2.75) is 13.3 Å². The summed E-state index contributed by atoms with van der Waals surface area (Å²) in [6.45, 7) is 2.16. The van der Waals surface area contributed by atoms with Gasteiger partial charge in [0.05, 0.1) is 0 Å². The molecule has 0 aliphatic heterocycles. The van der Waals surface area contributed by atoms with Crippen LogP contribution < -0.4 is 0 Å². The molecule has 0 radical (unpaired) electrons. The van der Waals surface area contributed by atoms with Crippen molar-refractivity contribution in [2.24, 2.45) is 14.1 Å². The number of benzene rings is 3. The van der Waals surface area contributed by atoms with Crippen LogP contribution in [0.3, 0.4) is 0 Å². The van der Waals surface area contributed by atoms with Crippen molar-refractivity contribution in [3.05, 3.63) is 107 Å². The summed E-state index contributed by atoms with van der Waals surface area (Å²) in [6.07, 6.45) is 5.27. The molecule has 0 amide bonds. The van der Waals surface area contributed by atoms with Gasteiger partial charge in [-0.05, 0) is 59.2 Å². The van der Waals surface area contributed by atoms with Crippen LogP contribution in [0.4, 0.5) is 0 Å². The van der Waals surface area contributed by atoms with Gasteiger partial charge < -0.3 is 9.13 Å². The maximum Gasteiger partial charge on any atom is 0.0477 e. The highest BCUT2D eigenvalue weighted by Gasteiger charge is 1.93. The monoisotopic (exact) mass is 446 g/mol. The van der Waals surface area contributed by atoms with E-state index in [1.165, 1.54) is 27.4 Å². The van der Waals surface area contributed by atoms with Gasteiger partial charge in [0.15, 0.2) is 0 Å². The number of rotatable bonds is 1. The Morgan fingerprint density at radius 1 is 0.621 bits per heavy atom. The first-order valence-electron chi connectivity index (χ1n) is 9.83. The van der Waals surface area contributed by atoms with Crippen LogP contribution in [0.15, 0.2) is 102 Å². The average Bonchev–Trinajstić information content (AvgIpc) is 3.33. The number of aromatic nitrogens is 2. The second-order valence-corrected chi connectivity index (χ2v) is 7.87. The molecule has 2 heterocycles. The van der Waals surface area contributed by atoms with E-state index in [1.54, 1.807) is 0 Å². The largest absolute Gasteiger partial charge is 0.351 e. The fourth-order valence-electron chi connectivity index (χ4n) is 3.16. The summed E-state index contributed by atoms with van der Waals surface area (Å²) in [5.74, 6) is 0. The van der Waals surface area contributed by atoms with E-state index in [2.05, 4.69) is 143 Å². The van der Waals surface area contributed by atoms with E-state index in [0.717, 1.165) is 10.9 Å². The van der Waals surface area contributed by atoms with Crippen molar-refractivity contribution in [2.75, 3.05) is 0 Å². The van der Waals surface area contributed by atoms with Crippen LogP contribution in [0.5, 0.6) is 0 Å². The molecule has 0 fully saturated rings. The van der Waals surface area contributed by atoms with E-state index in [-0.39, 0.29) is 0 Å². The highest BCUT2D eigenvalue weighted by molar-refractivity contribution is 9.10. The highest BCUT2D eigenvalue weighted by atomic mass is 79.9. The number of hydrogen-bond donors (Lipinski definition) is 0. The summed E-state index contributed by atoms with van der Waals surface area (Å²) >= 11 is 3.37. The first kappa shape index (κ1) is 20.9. The van der Waals surface area contributed by atoms with E-state index in [9.17, 15) is 0 Å². The Kier molecular flexibility index (Phi) is 7.31. The fourth-order valence-corrected chi connectivity index (χ4v) is 3.43. The minimum Gasteiger partial charge on any atom is -0.351 e. The third-order valence-corrected chi connectivity index (χ3v) is 5.44. The van der Waals surface area contributed by atoms with Crippen LogP contribution in [0, 0.1) is 0 Å².